The number of benzene rings is 1. The molecule has 0 saturated carbocycles. The first-order valence-electron chi connectivity index (χ1n) is 4.75. The number of alkyl halides is 2. The van der Waals surface area contributed by atoms with E-state index in [0.717, 1.165) is 6.92 Å². The van der Waals surface area contributed by atoms with Gasteiger partial charge in [0.25, 0.3) is 5.92 Å². The predicted molar refractivity (Wildman–Crippen MR) is 55.3 cm³/mol. The Bertz CT molecular complexity index is 334. The highest BCUT2D eigenvalue weighted by Gasteiger charge is 2.28. The van der Waals surface area contributed by atoms with Gasteiger partial charge in [-0.3, -0.25) is 0 Å². The summed E-state index contributed by atoms with van der Waals surface area (Å²) in [6.07, 6.45) is 0.392. The molecule has 0 aromatic heterocycles. The van der Waals surface area contributed by atoms with E-state index < -0.39 is 5.92 Å². The average molecular weight is 215 g/mol. The predicted octanol–water partition coefficient (Wildman–Crippen LogP) is 2.31. The fourth-order valence-electron chi connectivity index (χ4n) is 1.57. The van der Waals surface area contributed by atoms with Crippen LogP contribution in [-0.4, -0.2) is 13.7 Å². The maximum absolute atomic E-state index is 13.3. The highest BCUT2D eigenvalue weighted by atomic mass is 19.3. The molecule has 2 N–H and O–H groups in total. The fraction of sp³-hybridized carbons (Fsp3) is 0.455. The molecule has 84 valence electrons. The SMILES string of the molecule is COc1cccc(C(C)(F)F)c1CCN. The molecule has 0 fully saturated rings. The van der Waals surface area contributed by atoms with Crippen molar-refractivity contribution < 1.29 is 13.5 Å². The largest absolute Gasteiger partial charge is 0.496 e. The minimum absolute atomic E-state index is 0.00713. The highest BCUT2D eigenvalue weighted by molar-refractivity contribution is 5.42. The number of methoxy groups -OCH3 is 1. The second-order valence-corrected chi connectivity index (χ2v) is 3.41. The lowest BCUT2D eigenvalue weighted by molar-refractivity contribution is 0.0163. The third-order valence-electron chi connectivity index (χ3n) is 2.22. The van der Waals surface area contributed by atoms with Crippen molar-refractivity contribution in [3.05, 3.63) is 29.3 Å². The van der Waals surface area contributed by atoms with E-state index in [1.807, 2.05) is 0 Å². The third-order valence-corrected chi connectivity index (χ3v) is 2.22. The molecule has 0 aliphatic heterocycles. The van der Waals surface area contributed by atoms with E-state index in [-0.39, 0.29) is 5.56 Å². The number of ether oxygens (including phenoxy) is 1. The van der Waals surface area contributed by atoms with Gasteiger partial charge in [-0.2, -0.15) is 0 Å². The molecule has 0 atom stereocenters. The zero-order valence-electron chi connectivity index (χ0n) is 8.89. The molecule has 0 radical (unpaired) electrons. The molecule has 0 unspecified atom stereocenters. The summed E-state index contributed by atoms with van der Waals surface area (Å²) in [7, 11) is 1.47. The summed E-state index contributed by atoms with van der Waals surface area (Å²) >= 11 is 0. The molecule has 1 aromatic rings. The molecule has 0 bridgehead atoms. The molecule has 0 aliphatic carbocycles. The van der Waals surface area contributed by atoms with E-state index in [9.17, 15) is 8.78 Å². The number of hydrogen-bond acceptors (Lipinski definition) is 2. The smallest absolute Gasteiger partial charge is 0.270 e. The van der Waals surface area contributed by atoms with Gasteiger partial charge >= 0.3 is 0 Å². The molecular formula is C11H15F2NO. The second kappa shape index (κ2) is 4.57. The Morgan fingerprint density at radius 3 is 2.53 bits per heavy atom. The van der Waals surface area contributed by atoms with Crippen LogP contribution in [0.2, 0.25) is 0 Å². The van der Waals surface area contributed by atoms with E-state index >= 15 is 0 Å². The Morgan fingerprint density at radius 2 is 2.07 bits per heavy atom. The van der Waals surface area contributed by atoms with Crippen LogP contribution in [0, 0.1) is 0 Å². The van der Waals surface area contributed by atoms with Gasteiger partial charge in [-0.25, -0.2) is 8.78 Å². The summed E-state index contributed by atoms with van der Waals surface area (Å²) < 4.78 is 31.6. The zero-order chi connectivity index (χ0) is 11.5. The maximum Gasteiger partial charge on any atom is 0.270 e. The highest BCUT2D eigenvalue weighted by Crippen LogP contribution is 2.34. The van der Waals surface area contributed by atoms with Crippen molar-refractivity contribution in [1.82, 2.24) is 0 Å². The van der Waals surface area contributed by atoms with Crippen LogP contribution < -0.4 is 10.5 Å². The van der Waals surface area contributed by atoms with Crippen molar-refractivity contribution in [2.75, 3.05) is 13.7 Å². The fourth-order valence-corrected chi connectivity index (χ4v) is 1.57. The van der Waals surface area contributed by atoms with Crippen LogP contribution in [0.3, 0.4) is 0 Å². The molecular weight excluding hydrogens is 200 g/mol. The molecule has 1 rings (SSSR count). The number of halogens is 2. The van der Waals surface area contributed by atoms with E-state index in [1.165, 1.54) is 13.2 Å². The number of hydrogen-bond donors (Lipinski definition) is 1. The van der Waals surface area contributed by atoms with E-state index in [0.29, 0.717) is 24.3 Å². The first-order chi connectivity index (χ1) is 7.00. The number of nitrogens with two attached hydrogens (primary N) is 1. The van der Waals surface area contributed by atoms with Gasteiger partial charge in [0.2, 0.25) is 0 Å². The molecule has 4 heteroatoms. The second-order valence-electron chi connectivity index (χ2n) is 3.41. The molecule has 1 aromatic carbocycles. The van der Waals surface area contributed by atoms with Crippen LogP contribution in [0.4, 0.5) is 8.78 Å². The quantitative estimate of drug-likeness (QED) is 0.836. The van der Waals surface area contributed by atoms with Crippen LogP contribution >= 0.6 is 0 Å². The first-order valence-corrected chi connectivity index (χ1v) is 4.75. The Morgan fingerprint density at radius 1 is 1.40 bits per heavy atom. The Kier molecular flexibility index (Phi) is 3.63. The van der Waals surface area contributed by atoms with Gasteiger partial charge in [0.1, 0.15) is 5.75 Å². The summed E-state index contributed by atoms with van der Waals surface area (Å²) in [5, 5.41) is 0. The minimum atomic E-state index is -2.86. The van der Waals surface area contributed by atoms with Crippen molar-refractivity contribution in [3.8, 4) is 5.75 Å². The van der Waals surface area contributed by atoms with Crippen LogP contribution in [0.5, 0.6) is 5.75 Å². The van der Waals surface area contributed by atoms with Crippen molar-refractivity contribution in [1.29, 1.82) is 0 Å². The van der Waals surface area contributed by atoms with Gasteiger partial charge < -0.3 is 10.5 Å². The van der Waals surface area contributed by atoms with Crippen molar-refractivity contribution >= 4 is 0 Å². The zero-order valence-corrected chi connectivity index (χ0v) is 8.89. The van der Waals surface area contributed by atoms with Crippen molar-refractivity contribution in [2.45, 2.75) is 19.3 Å². The van der Waals surface area contributed by atoms with E-state index in [4.69, 9.17) is 10.5 Å². The minimum Gasteiger partial charge on any atom is -0.496 e. The molecule has 0 spiro atoms. The van der Waals surface area contributed by atoms with Crippen molar-refractivity contribution in [3.63, 3.8) is 0 Å². The lowest BCUT2D eigenvalue weighted by Crippen LogP contribution is -2.14. The Hall–Kier alpha value is -1.16. The topological polar surface area (TPSA) is 35.2 Å². The Balaban J connectivity index is 3.25. The lowest BCUT2D eigenvalue weighted by atomic mass is 9.99. The maximum atomic E-state index is 13.3. The van der Waals surface area contributed by atoms with Crippen LogP contribution in [0.1, 0.15) is 18.1 Å². The van der Waals surface area contributed by atoms with Gasteiger partial charge in [-0.15, -0.1) is 0 Å². The van der Waals surface area contributed by atoms with Gasteiger partial charge in [0.05, 0.1) is 7.11 Å². The summed E-state index contributed by atoms with van der Waals surface area (Å²) in [4.78, 5) is 0. The lowest BCUT2D eigenvalue weighted by Gasteiger charge is -2.17. The van der Waals surface area contributed by atoms with Crippen LogP contribution in [-0.2, 0) is 12.3 Å². The van der Waals surface area contributed by atoms with Crippen molar-refractivity contribution in [2.24, 2.45) is 5.73 Å². The normalized spacial score (nSPS) is 11.5. The Labute approximate surface area is 88.0 Å². The molecule has 2 nitrogen and oxygen atoms in total. The van der Waals surface area contributed by atoms with E-state index in [2.05, 4.69) is 0 Å². The standard InChI is InChI=1S/C11H15F2NO/c1-11(12,13)9-4-3-5-10(15-2)8(9)6-7-14/h3-5H,6-7,14H2,1-2H3. The van der Waals surface area contributed by atoms with Crippen LogP contribution in [0.15, 0.2) is 18.2 Å². The van der Waals surface area contributed by atoms with Gasteiger partial charge in [-0.05, 0) is 19.0 Å². The molecule has 0 heterocycles. The summed E-state index contributed by atoms with van der Waals surface area (Å²) in [6, 6.07) is 4.64. The average Bonchev–Trinajstić information content (AvgIpc) is 2.17. The molecule has 15 heavy (non-hydrogen) atoms. The molecule has 0 saturated heterocycles. The molecule has 0 amide bonds. The summed E-state index contributed by atoms with van der Waals surface area (Å²) in [5.41, 5.74) is 5.88. The first kappa shape index (κ1) is 11.9. The monoisotopic (exact) mass is 215 g/mol. The van der Waals surface area contributed by atoms with E-state index in [1.54, 1.807) is 12.1 Å². The van der Waals surface area contributed by atoms with Gasteiger partial charge in [0.15, 0.2) is 0 Å². The molecule has 0 aliphatic rings. The number of rotatable bonds is 4. The van der Waals surface area contributed by atoms with Gasteiger partial charge in [-0.1, -0.05) is 12.1 Å². The summed E-state index contributed by atoms with van der Waals surface area (Å²) in [5.74, 6) is -2.39. The summed E-state index contributed by atoms with van der Waals surface area (Å²) in [6.45, 7) is 1.20. The van der Waals surface area contributed by atoms with Crippen LogP contribution in [0.25, 0.3) is 0 Å². The third kappa shape index (κ3) is 2.65. The van der Waals surface area contributed by atoms with Gasteiger partial charge in [0, 0.05) is 18.1 Å².